The fourth-order valence-corrected chi connectivity index (χ4v) is 3.53. The van der Waals surface area contributed by atoms with Gasteiger partial charge in [0.2, 0.25) is 5.95 Å². The fraction of sp³-hybridized carbons (Fsp3) is 0.500. The van der Waals surface area contributed by atoms with Gasteiger partial charge in [-0.25, -0.2) is 4.98 Å². The number of anilines is 2. The third-order valence-corrected chi connectivity index (χ3v) is 5.01. The largest absolute Gasteiger partial charge is 0.389 e. The fourth-order valence-electron chi connectivity index (χ4n) is 2.87. The molecule has 0 aromatic carbocycles. The van der Waals surface area contributed by atoms with E-state index in [9.17, 15) is 5.11 Å². The number of aromatic nitrogens is 2. The van der Waals surface area contributed by atoms with Crippen LogP contribution < -0.4 is 10.2 Å². The van der Waals surface area contributed by atoms with E-state index in [1.54, 1.807) is 11.3 Å². The molecule has 2 N–H and O–H groups in total. The van der Waals surface area contributed by atoms with Gasteiger partial charge in [0, 0.05) is 38.2 Å². The maximum absolute atomic E-state index is 9.53. The van der Waals surface area contributed by atoms with E-state index in [0.717, 1.165) is 37.7 Å². The van der Waals surface area contributed by atoms with Crippen LogP contribution in [0.3, 0.4) is 0 Å². The van der Waals surface area contributed by atoms with Crippen molar-refractivity contribution < 1.29 is 9.84 Å². The topological polar surface area (TPSA) is 70.5 Å². The summed E-state index contributed by atoms with van der Waals surface area (Å²) >= 11 is 1.69. The first-order valence-corrected chi connectivity index (χ1v) is 8.87. The Balaban J connectivity index is 1.55. The maximum atomic E-state index is 9.53. The second-order valence-electron chi connectivity index (χ2n) is 6.08. The van der Waals surface area contributed by atoms with Gasteiger partial charge in [0.15, 0.2) is 0 Å². The number of hydrogen-bond donors (Lipinski definition) is 2. The van der Waals surface area contributed by atoms with Crippen molar-refractivity contribution in [3.8, 4) is 0 Å². The molecule has 6 nitrogen and oxygen atoms in total. The molecule has 1 atom stereocenters. The zero-order valence-corrected chi connectivity index (χ0v) is 13.6. The predicted molar refractivity (Wildman–Crippen MR) is 90.1 cm³/mol. The normalized spacial score (nSPS) is 21.4. The summed E-state index contributed by atoms with van der Waals surface area (Å²) in [6.45, 7) is 3.49. The average molecular weight is 332 g/mol. The van der Waals surface area contributed by atoms with Crippen LogP contribution in [0, 0.1) is 0 Å². The first-order valence-electron chi connectivity index (χ1n) is 7.92. The molecule has 0 spiro atoms. The van der Waals surface area contributed by atoms with Crippen molar-refractivity contribution in [3.63, 3.8) is 0 Å². The lowest BCUT2D eigenvalue weighted by Crippen LogP contribution is -2.51. The molecule has 0 bridgehead atoms. The Morgan fingerprint density at radius 2 is 2.30 bits per heavy atom. The molecular formula is C16H20N4O2S. The minimum Gasteiger partial charge on any atom is -0.389 e. The quantitative estimate of drug-likeness (QED) is 0.871. The van der Waals surface area contributed by atoms with Crippen molar-refractivity contribution in [2.75, 3.05) is 36.5 Å². The lowest BCUT2D eigenvalue weighted by Gasteiger charge is -2.36. The van der Waals surface area contributed by atoms with Gasteiger partial charge in [0.25, 0.3) is 0 Å². The van der Waals surface area contributed by atoms with Crippen LogP contribution >= 0.6 is 11.3 Å². The van der Waals surface area contributed by atoms with Gasteiger partial charge in [-0.05, 0) is 28.8 Å². The SMILES string of the molecule is OC1CN(c2nc(NCc3ccsc3)cc(C3CCOC3)n2)C1. The number of rotatable bonds is 5. The van der Waals surface area contributed by atoms with Gasteiger partial charge in [0.1, 0.15) is 5.82 Å². The molecule has 0 aliphatic carbocycles. The molecule has 2 aliphatic rings. The molecule has 2 aliphatic heterocycles. The van der Waals surface area contributed by atoms with E-state index < -0.39 is 0 Å². The Morgan fingerprint density at radius 1 is 1.39 bits per heavy atom. The monoisotopic (exact) mass is 332 g/mol. The molecule has 23 heavy (non-hydrogen) atoms. The van der Waals surface area contributed by atoms with Gasteiger partial charge >= 0.3 is 0 Å². The van der Waals surface area contributed by atoms with Crippen molar-refractivity contribution in [2.24, 2.45) is 0 Å². The first-order chi connectivity index (χ1) is 11.3. The van der Waals surface area contributed by atoms with Crippen LogP contribution in [0.1, 0.15) is 23.6 Å². The van der Waals surface area contributed by atoms with Crippen molar-refractivity contribution in [2.45, 2.75) is 25.0 Å². The highest BCUT2D eigenvalue weighted by atomic mass is 32.1. The number of nitrogens with zero attached hydrogens (tertiary/aromatic N) is 3. The van der Waals surface area contributed by atoms with E-state index in [1.807, 2.05) is 11.0 Å². The Bertz CT molecular complexity index is 652. The van der Waals surface area contributed by atoms with E-state index in [1.165, 1.54) is 5.56 Å². The Kier molecular flexibility index (Phi) is 4.15. The summed E-state index contributed by atoms with van der Waals surface area (Å²) in [4.78, 5) is 11.3. The summed E-state index contributed by atoms with van der Waals surface area (Å²) in [7, 11) is 0. The number of hydrogen-bond acceptors (Lipinski definition) is 7. The van der Waals surface area contributed by atoms with Gasteiger partial charge in [-0.2, -0.15) is 16.3 Å². The van der Waals surface area contributed by atoms with Crippen LogP contribution in [0.15, 0.2) is 22.9 Å². The summed E-state index contributed by atoms with van der Waals surface area (Å²) in [6.07, 6.45) is 0.738. The summed E-state index contributed by atoms with van der Waals surface area (Å²) in [5.74, 6) is 1.88. The third kappa shape index (κ3) is 3.31. The van der Waals surface area contributed by atoms with E-state index in [4.69, 9.17) is 9.72 Å². The van der Waals surface area contributed by atoms with Crippen LogP contribution in [0.4, 0.5) is 11.8 Å². The molecular weight excluding hydrogens is 312 g/mol. The van der Waals surface area contributed by atoms with Crippen LogP contribution in [0.25, 0.3) is 0 Å². The molecule has 4 heterocycles. The summed E-state index contributed by atoms with van der Waals surface area (Å²) < 4.78 is 5.49. The van der Waals surface area contributed by atoms with Crippen molar-refractivity contribution in [1.82, 2.24) is 9.97 Å². The number of aliphatic hydroxyl groups is 1. The van der Waals surface area contributed by atoms with Crippen molar-refractivity contribution in [1.29, 1.82) is 0 Å². The van der Waals surface area contributed by atoms with Crippen LogP contribution in [0.5, 0.6) is 0 Å². The highest BCUT2D eigenvalue weighted by Gasteiger charge is 2.28. The predicted octanol–water partition coefficient (Wildman–Crippen LogP) is 1.83. The van der Waals surface area contributed by atoms with Gasteiger partial charge in [-0.3, -0.25) is 0 Å². The van der Waals surface area contributed by atoms with E-state index in [2.05, 4.69) is 27.1 Å². The molecule has 2 aromatic rings. The van der Waals surface area contributed by atoms with Crippen LogP contribution in [-0.4, -0.2) is 47.5 Å². The van der Waals surface area contributed by atoms with Crippen LogP contribution in [0.2, 0.25) is 0 Å². The molecule has 2 fully saturated rings. The van der Waals surface area contributed by atoms with E-state index in [0.29, 0.717) is 25.0 Å². The molecule has 0 saturated carbocycles. The Hall–Kier alpha value is -1.70. The molecule has 0 radical (unpaired) electrons. The zero-order chi connectivity index (χ0) is 15.6. The Morgan fingerprint density at radius 3 is 3.00 bits per heavy atom. The molecule has 2 saturated heterocycles. The average Bonchev–Trinajstić information content (AvgIpc) is 3.22. The maximum Gasteiger partial charge on any atom is 0.227 e. The first kappa shape index (κ1) is 14.9. The van der Waals surface area contributed by atoms with E-state index in [-0.39, 0.29) is 6.10 Å². The van der Waals surface area contributed by atoms with Gasteiger partial charge in [0.05, 0.1) is 18.4 Å². The number of thiophene rings is 1. The zero-order valence-electron chi connectivity index (χ0n) is 12.8. The van der Waals surface area contributed by atoms with Gasteiger partial charge < -0.3 is 20.1 Å². The molecule has 1 unspecified atom stereocenters. The summed E-state index contributed by atoms with van der Waals surface area (Å²) in [5.41, 5.74) is 2.28. The second-order valence-corrected chi connectivity index (χ2v) is 6.86. The second kappa shape index (κ2) is 6.43. The molecule has 2 aromatic heterocycles. The lowest BCUT2D eigenvalue weighted by molar-refractivity contribution is 0.140. The van der Waals surface area contributed by atoms with Crippen molar-refractivity contribution >= 4 is 23.1 Å². The smallest absolute Gasteiger partial charge is 0.227 e. The van der Waals surface area contributed by atoms with E-state index >= 15 is 0 Å². The molecule has 0 amide bonds. The minimum atomic E-state index is -0.265. The number of nitrogens with one attached hydrogen (secondary N) is 1. The Labute approximate surface area is 139 Å². The highest BCUT2D eigenvalue weighted by Crippen LogP contribution is 2.28. The lowest BCUT2D eigenvalue weighted by atomic mass is 10.0. The summed E-state index contributed by atoms with van der Waals surface area (Å²) in [5, 5.41) is 17.1. The number of ether oxygens (including phenoxy) is 1. The molecule has 7 heteroatoms. The van der Waals surface area contributed by atoms with Gasteiger partial charge in [-0.15, -0.1) is 0 Å². The standard InChI is InChI=1S/C16H20N4O2S/c21-13-7-20(8-13)16-18-14(12-1-3-22-9-12)5-15(19-16)17-6-11-2-4-23-10-11/h2,4-5,10,12-13,21H,1,3,6-9H2,(H,17,18,19). The van der Waals surface area contributed by atoms with Crippen LogP contribution in [-0.2, 0) is 11.3 Å². The molecule has 122 valence electrons. The third-order valence-electron chi connectivity index (χ3n) is 4.28. The van der Waals surface area contributed by atoms with Crippen molar-refractivity contribution in [3.05, 3.63) is 34.2 Å². The number of β-amino-alcohol motifs (C(OH)–C–C–N with tert-alkyl or cyclic N) is 1. The molecule has 4 rings (SSSR count). The number of aliphatic hydroxyl groups excluding tert-OH is 1. The van der Waals surface area contributed by atoms with Gasteiger partial charge in [-0.1, -0.05) is 0 Å². The summed E-state index contributed by atoms with van der Waals surface area (Å²) in [6, 6.07) is 4.14. The minimum absolute atomic E-state index is 0.265. The highest BCUT2D eigenvalue weighted by molar-refractivity contribution is 7.07.